The molecule has 1 aromatic heterocycles. The minimum absolute atomic E-state index is 0.101. The number of benzene rings is 1. The molecule has 1 heterocycles. The molecule has 1 aliphatic carbocycles. The summed E-state index contributed by atoms with van der Waals surface area (Å²) in [7, 11) is 0. The number of hydrogen-bond donors (Lipinski definition) is 0. The van der Waals surface area contributed by atoms with E-state index in [-0.39, 0.29) is 5.82 Å². The molecule has 0 atom stereocenters. The zero-order chi connectivity index (χ0) is 20.5. The van der Waals surface area contributed by atoms with E-state index in [4.69, 9.17) is 0 Å². The Hall–Kier alpha value is -1.77. The van der Waals surface area contributed by atoms with Crippen molar-refractivity contribution in [3.63, 3.8) is 0 Å². The third-order valence-electron chi connectivity index (χ3n) is 6.61. The molecule has 1 aromatic carbocycles. The zero-order valence-electron chi connectivity index (χ0n) is 18.3. The number of halogens is 1. The summed E-state index contributed by atoms with van der Waals surface area (Å²) < 4.78 is 14.7. The number of aromatic nitrogens is 2. The van der Waals surface area contributed by atoms with Crippen molar-refractivity contribution < 1.29 is 4.39 Å². The molecule has 158 valence electrons. The SMILES string of the molecule is CCCCc1ccc(-c2ccc(CCC3CCC(CCCC)CC3)c(F)c2)nn1. The number of nitrogens with zero attached hydrogens (tertiary/aromatic N) is 2. The van der Waals surface area contributed by atoms with Gasteiger partial charge in [-0.25, -0.2) is 4.39 Å². The van der Waals surface area contributed by atoms with Crippen LogP contribution in [0.3, 0.4) is 0 Å². The van der Waals surface area contributed by atoms with Gasteiger partial charge in [-0.1, -0.05) is 77.3 Å². The van der Waals surface area contributed by atoms with E-state index in [1.54, 1.807) is 6.07 Å². The van der Waals surface area contributed by atoms with Gasteiger partial charge < -0.3 is 0 Å². The van der Waals surface area contributed by atoms with Gasteiger partial charge in [-0.2, -0.15) is 10.2 Å². The van der Waals surface area contributed by atoms with Crippen LogP contribution in [0, 0.1) is 17.7 Å². The molecule has 2 nitrogen and oxygen atoms in total. The quantitative estimate of drug-likeness (QED) is 0.414. The van der Waals surface area contributed by atoms with E-state index in [0.717, 1.165) is 66.5 Å². The summed E-state index contributed by atoms with van der Waals surface area (Å²) in [4.78, 5) is 0. The number of aryl methyl sites for hydroxylation is 2. The molecular weight excluding hydrogens is 359 g/mol. The van der Waals surface area contributed by atoms with Gasteiger partial charge in [0.2, 0.25) is 0 Å². The van der Waals surface area contributed by atoms with Crippen molar-refractivity contribution >= 4 is 0 Å². The number of hydrogen-bond acceptors (Lipinski definition) is 2. The standard InChI is InChI=1S/C26H37FN2/c1-3-5-7-20-9-11-21(12-10-20)13-14-22-15-16-23(19-25(22)27)26-18-17-24(28-29-26)8-6-4-2/h15-21H,3-14H2,1-2H3. The smallest absolute Gasteiger partial charge is 0.127 e. The van der Waals surface area contributed by atoms with Crippen molar-refractivity contribution in [2.75, 3.05) is 0 Å². The third kappa shape index (κ3) is 6.62. The molecule has 0 unspecified atom stereocenters. The van der Waals surface area contributed by atoms with Gasteiger partial charge in [0, 0.05) is 5.56 Å². The maximum atomic E-state index is 14.7. The van der Waals surface area contributed by atoms with E-state index < -0.39 is 0 Å². The minimum Gasteiger partial charge on any atom is -0.207 e. The molecule has 0 saturated heterocycles. The fraction of sp³-hybridized carbons (Fsp3) is 0.615. The first-order valence-electron chi connectivity index (χ1n) is 11.8. The lowest BCUT2D eigenvalue weighted by Crippen LogP contribution is -2.15. The molecular formula is C26H37FN2. The van der Waals surface area contributed by atoms with Crippen LogP contribution in [0.2, 0.25) is 0 Å². The fourth-order valence-electron chi connectivity index (χ4n) is 4.58. The number of unbranched alkanes of at least 4 members (excludes halogenated alkanes) is 2. The maximum Gasteiger partial charge on any atom is 0.127 e. The zero-order valence-corrected chi connectivity index (χ0v) is 18.3. The highest BCUT2D eigenvalue weighted by Gasteiger charge is 2.21. The van der Waals surface area contributed by atoms with Gasteiger partial charge in [-0.3, -0.25) is 0 Å². The van der Waals surface area contributed by atoms with Crippen molar-refractivity contribution in [3.05, 3.63) is 47.4 Å². The molecule has 0 aliphatic heterocycles. The second kappa shape index (κ2) is 11.4. The first-order valence-corrected chi connectivity index (χ1v) is 11.8. The van der Waals surface area contributed by atoms with Crippen LogP contribution in [0.5, 0.6) is 0 Å². The molecule has 0 spiro atoms. The summed E-state index contributed by atoms with van der Waals surface area (Å²) >= 11 is 0. The molecule has 0 amide bonds. The second-order valence-corrected chi connectivity index (χ2v) is 8.89. The monoisotopic (exact) mass is 396 g/mol. The summed E-state index contributed by atoms with van der Waals surface area (Å²) in [5.74, 6) is 1.61. The predicted molar refractivity (Wildman–Crippen MR) is 119 cm³/mol. The Kier molecular flexibility index (Phi) is 8.64. The van der Waals surface area contributed by atoms with Crippen molar-refractivity contribution in [2.24, 2.45) is 11.8 Å². The summed E-state index contributed by atoms with van der Waals surface area (Å²) in [5, 5.41) is 8.60. The molecule has 29 heavy (non-hydrogen) atoms. The van der Waals surface area contributed by atoms with Crippen LogP contribution in [-0.2, 0) is 12.8 Å². The molecule has 1 fully saturated rings. The molecule has 3 rings (SSSR count). The summed E-state index contributed by atoms with van der Waals surface area (Å²) in [6, 6.07) is 9.55. The topological polar surface area (TPSA) is 25.8 Å². The van der Waals surface area contributed by atoms with Gasteiger partial charge in [-0.05, 0) is 61.3 Å². The average Bonchev–Trinajstić information content (AvgIpc) is 2.76. The van der Waals surface area contributed by atoms with Crippen molar-refractivity contribution in [1.82, 2.24) is 10.2 Å². The molecule has 1 saturated carbocycles. The molecule has 3 heteroatoms. The van der Waals surface area contributed by atoms with E-state index in [1.807, 2.05) is 24.3 Å². The molecule has 0 radical (unpaired) electrons. The van der Waals surface area contributed by atoms with Crippen LogP contribution in [0.4, 0.5) is 4.39 Å². The summed E-state index contributed by atoms with van der Waals surface area (Å²) in [6.45, 7) is 4.45. The Morgan fingerprint density at radius 3 is 2.17 bits per heavy atom. The van der Waals surface area contributed by atoms with E-state index in [2.05, 4.69) is 24.0 Å². The second-order valence-electron chi connectivity index (χ2n) is 8.89. The van der Waals surface area contributed by atoms with E-state index in [0.29, 0.717) is 0 Å². The predicted octanol–water partition coefficient (Wildman–Crippen LogP) is 7.55. The highest BCUT2D eigenvalue weighted by atomic mass is 19.1. The Bertz CT molecular complexity index is 733. The van der Waals surface area contributed by atoms with Crippen LogP contribution in [0.15, 0.2) is 30.3 Å². The lowest BCUT2D eigenvalue weighted by molar-refractivity contribution is 0.249. The van der Waals surface area contributed by atoms with E-state index in [9.17, 15) is 4.39 Å². The summed E-state index contributed by atoms with van der Waals surface area (Å²) in [5.41, 5.74) is 3.42. The Balaban J connectivity index is 1.51. The fourth-order valence-corrected chi connectivity index (χ4v) is 4.58. The molecule has 0 N–H and O–H groups in total. The van der Waals surface area contributed by atoms with Gasteiger partial charge in [0.1, 0.15) is 5.82 Å². The van der Waals surface area contributed by atoms with Crippen molar-refractivity contribution in [1.29, 1.82) is 0 Å². The highest BCUT2D eigenvalue weighted by molar-refractivity contribution is 5.59. The van der Waals surface area contributed by atoms with Crippen molar-refractivity contribution in [3.8, 4) is 11.3 Å². The Morgan fingerprint density at radius 1 is 0.828 bits per heavy atom. The average molecular weight is 397 g/mol. The summed E-state index contributed by atoms with van der Waals surface area (Å²) in [6.07, 6.45) is 14.7. The van der Waals surface area contributed by atoms with Crippen LogP contribution in [-0.4, -0.2) is 10.2 Å². The molecule has 1 aliphatic rings. The van der Waals surface area contributed by atoms with Crippen LogP contribution in [0.1, 0.15) is 89.3 Å². The Labute approximate surface area is 176 Å². The van der Waals surface area contributed by atoms with Gasteiger partial charge in [0.15, 0.2) is 0 Å². The van der Waals surface area contributed by atoms with E-state index >= 15 is 0 Å². The minimum atomic E-state index is -0.101. The first-order chi connectivity index (χ1) is 14.2. The normalized spacial score (nSPS) is 19.4. The Morgan fingerprint density at radius 2 is 1.55 bits per heavy atom. The van der Waals surface area contributed by atoms with E-state index in [1.165, 1.54) is 44.9 Å². The lowest BCUT2D eigenvalue weighted by atomic mass is 9.78. The van der Waals surface area contributed by atoms with Gasteiger partial charge in [-0.15, -0.1) is 0 Å². The van der Waals surface area contributed by atoms with Crippen LogP contribution in [0.25, 0.3) is 11.3 Å². The maximum absolute atomic E-state index is 14.7. The molecule has 0 bridgehead atoms. The van der Waals surface area contributed by atoms with Gasteiger partial charge >= 0.3 is 0 Å². The highest BCUT2D eigenvalue weighted by Crippen LogP contribution is 2.34. The molecule has 2 aromatic rings. The van der Waals surface area contributed by atoms with Crippen LogP contribution < -0.4 is 0 Å². The van der Waals surface area contributed by atoms with Crippen LogP contribution >= 0.6 is 0 Å². The van der Waals surface area contributed by atoms with Gasteiger partial charge in [0.25, 0.3) is 0 Å². The third-order valence-corrected chi connectivity index (χ3v) is 6.61. The number of rotatable bonds is 10. The lowest BCUT2D eigenvalue weighted by Gasteiger charge is -2.28. The largest absolute Gasteiger partial charge is 0.207 e. The van der Waals surface area contributed by atoms with Crippen molar-refractivity contribution in [2.45, 2.75) is 90.9 Å². The van der Waals surface area contributed by atoms with Gasteiger partial charge in [0.05, 0.1) is 11.4 Å². The first kappa shape index (κ1) is 21.9.